The molecule has 0 radical (unpaired) electrons. The lowest BCUT2D eigenvalue weighted by Gasteiger charge is -2.53. The maximum absolute atomic E-state index is 12.8. The van der Waals surface area contributed by atoms with E-state index in [4.69, 9.17) is 9.47 Å². The molecule has 170 valence electrons. The van der Waals surface area contributed by atoms with Gasteiger partial charge in [-0.2, -0.15) is 0 Å². The van der Waals surface area contributed by atoms with Crippen LogP contribution in [0.25, 0.3) is 0 Å². The number of rotatable bonds is 6. The number of unbranched alkanes of at least 4 members (excludes halogenated alkanes) is 2. The third-order valence-electron chi connectivity index (χ3n) is 7.19. The molecule has 4 rings (SSSR count). The lowest BCUT2D eigenvalue weighted by molar-refractivity contribution is -0.188. The van der Waals surface area contributed by atoms with Crippen molar-refractivity contribution in [3.8, 4) is 5.75 Å². The van der Waals surface area contributed by atoms with Crippen LogP contribution >= 0.6 is 0 Å². The van der Waals surface area contributed by atoms with Crippen LogP contribution in [0.2, 0.25) is 0 Å². The Morgan fingerprint density at radius 2 is 2.00 bits per heavy atom. The van der Waals surface area contributed by atoms with Gasteiger partial charge in [-0.1, -0.05) is 24.6 Å². The van der Waals surface area contributed by atoms with E-state index < -0.39 is 0 Å². The van der Waals surface area contributed by atoms with E-state index in [9.17, 15) is 9.59 Å². The van der Waals surface area contributed by atoms with Crippen molar-refractivity contribution in [3.63, 3.8) is 0 Å². The molecule has 3 aliphatic heterocycles. The van der Waals surface area contributed by atoms with Gasteiger partial charge >= 0.3 is 0 Å². The molecular formula is C25H36N2O4. The second-order valence-electron chi connectivity index (χ2n) is 9.86. The van der Waals surface area contributed by atoms with Gasteiger partial charge in [-0.25, -0.2) is 0 Å². The van der Waals surface area contributed by atoms with Crippen LogP contribution in [0.15, 0.2) is 24.3 Å². The maximum atomic E-state index is 12.8. The number of piperidine rings is 1. The van der Waals surface area contributed by atoms with E-state index in [0.717, 1.165) is 50.9 Å². The Labute approximate surface area is 185 Å². The molecule has 3 aliphatic rings. The summed E-state index contributed by atoms with van der Waals surface area (Å²) in [6.45, 7) is 8.12. The van der Waals surface area contributed by atoms with E-state index in [0.29, 0.717) is 18.9 Å². The zero-order valence-electron chi connectivity index (χ0n) is 19.1. The second-order valence-corrected chi connectivity index (χ2v) is 9.86. The van der Waals surface area contributed by atoms with Crippen LogP contribution in [0, 0.1) is 11.8 Å². The van der Waals surface area contributed by atoms with E-state index in [-0.39, 0.29) is 35.5 Å². The predicted octanol–water partition coefficient (Wildman–Crippen LogP) is 3.85. The summed E-state index contributed by atoms with van der Waals surface area (Å²) in [5.74, 6) is 1.85. The van der Waals surface area contributed by atoms with Crippen molar-refractivity contribution < 1.29 is 19.1 Å². The Morgan fingerprint density at radius 1 is 1.19 bits per heavy atom. The Balaban J connectivity index is 1.32. The lowest BCUT2D eigenvalue weighted by Crippen LogP contribution is -2.55. The molecule has 4 atom stereocenters. The van der Waals surface area contributed by atoms with Gasteiger partial charge in [0.25, 0.3) is 0 Å². The molecule has 1 aromatic carbocycles. The maximum Gasteiger partial charge on any atom is 0.222 e. The van der Waals surface area contributed by atoms with Crippen molar-refractivity contribution in [2.24, 2.45) is 11.8 Å². The number of carbonyl (C=O) groups is 2. The molecular weight excluding hydrogens is 392 g/mol. The van der Waals surface area contributed by atoms with Gasteiger partial charge in [-0.3, -0.25) is 9.59 Å². The van der Waals surface area contributed by atoms with Crippen LogP contribution in [0.4, 0.5) is 0 Å². The van der Waals surface area contributed by atoms with Crippen LogP contribution < -0.4 is 10.1 Å². The zero-order chi connectivity index (χ0) is 22.0. The number of benzene rings is 1. The summed E-state index contributed by atoms with van der Waals surface area (Å²) in [4.78, 5) is 25.7. The van der Waals surface area contributed by atoms with Gasteiger partial charge in [0.05, 0.1) is 12.2 Å². The summed E-state index contributed by atoms with van der Waals surface area (Å²) in [7, 11) is 0. The Bertz CT molecular complexity index is 808. The number of nitrogens with zero attached hydrogens (tertiary/aromatic N) is 1. The molecule has 2 amide bonds. The van der Waals surface area contributed by atoms with Crippen LogP contribution in [0.5, 0.6) is 5.75 Å². The highest BCUT2D eigenvalue weighted by Gasteiger charge is 2.51. The SMILES string of the molecule is CC(=O)NCCCCCC(=O)N1CC[C@H]2O[C@H]3c4ccccc4OC(C)(C)[C@@H]3C[C@H]2C1. The molecule has 0 bridgehead atoms. The summed E-state index contributed by atoms with van der Waals surface area (Å²) >= 11 is 0. The summed E-state index contributed by atoms with van der Waals surface area (Å²) < 4.78 is 13.0. The van der Waals surface area contributed by atoms with Crippen molar-refractivity contribution in [2.75, 3.05) is 19.6 Å². The third-order valence-corrected chi connectivity index (χ3v) is 7.19. The third kappa shape index (κ3) is 4.89. The summed E-state index contributed by atoms with van der Waals surface area (Å²) in [6.07, 6.45) is 5.57. The highest BCUT2D eigenvalue weighted by molar-refractivity contribution is 5.76. The number of ether oxygens (including phenoxy) is 2. The van der Waals surface area contributed by atoms with Crippen LogP contribution in [-0.2, 0) is 14.3 Å². The largest absolute Gasteiger partial charge is 0.487 e. The van der Waals surface area contributed by atoms with Crippen molar-refractivity contribution in [3.05, 3.63) is 29.8 Å². The van der Waals surface area contributed by atoms with Gasteiger partial charge in [-0.05, 0) is 45.6 Å². The quantitative estimate of drug-likeness (QED) is 0.699. The van der Waals surface area contributed by atoms with Crippen molar-refractivity contribution in [2.45, 2.75) is 77.1 Å². The molecule has 6 heteroatoms. The standard InChI is InChI=1S/C25H36N2O4/c1-17(28)26-13-8-4-5-11-23(29)27-14-12-21-18(16-27)15-20-24(30-21)19-9-6-7-10-22(19)31-25(20,2)3/h6-7,9-10,18,20-21,24H,4-5,8,11-16H2,1-3H3,(H,26,28)/t18-,20+,21+,24-/m0/s1. The minimum absolute atomic E-state index is 0.00548. The van der Waals surface area contributed by atoms with Crippen LogP contribution in [0.3, 0.4) is 0 Å². The molecule has 1 N–H and O–H groups in total. The molecule has 3 heterocycles. The molecule has 1 aromatic rings. The summed E-state index contributed by atoms with van der Waals surface area (Å²) in [5.41, 5.74) is 0.882. The molecule has 0 saturated carbocycles. The van der Waals surface area contributed by atoms with E-state index in [1.165, 1.54) is 12.5 Å². The van der Waals surface area contributed by atoms with E-state index in [2.05, 4.69) is 31.3 Å². The summed E-state index contributed by atoms with van der Waals surface area (Å²) in [6, 6.07) is 8.25. The fraction of sp³-hybridized carbons (Fsp3) is 0.680. The second kappa shape index (κ2) is 9.19. The molecule has 6 nitrogen and oxygen atoms in total. The average molecular weight is 429 g/mol. The van der Waals surface area contributed by atoms with Gasteiger partial charge in [-0.15, -0.1) is 0 Å². The normalized spacial score (nSPS) is 28.5. The minimum atomic E-state index is -0.288. The van der Waals surface area contributed by atoms with Gasteiger partial charge in [0, 0.05) is 50.4 Å². The Kier molecular flexibility index (Phi) is 6.56. The first-order valence-electron chi connectivity index (χ1n) is 11.8. The number of hydrogen-bond donors (Lipinski definition) is 1. The van der Waals surface area contributed by atoms with Gasteiger partial charge < -0.3 is 19.7 Å². The molecule has 2 fully saturated rings. The van der Waals surface area contributed by atoms with Crippen LogP contribution in [-0.4, -0.2) is 48.1 Å². The number of carbonyl (C=O) groups excluding carboxylic acids is 2. The number of fused-ring (bicyclic) bond motifs is 4. The molecule has 0 unspecified atom stereocenters. The Hall–Kier alpha value is -2.08. The number of amides is 2. The molecule has 0 aliphatic carbocycles. The van der Waals surface area contributed by atoms with Crippen molar-refractivity contribution >= 4 is 11.8 Å². The lowest BCUT2D eigenvalue weighted by atomic mass is 9.70. The zero-order valence-corrected chi connectivity index (χ0v) is 19.1. The first-order chi connectivity index (χ1) is 14.8. The van der Waals surface area contributed by atoms with Gasteiger partial charge in [0.15, 0.2) is 0 Å². The smallest absolute Gasteiger partial charge is 0.222 e. The number of likely N-dealkylation sites (tertiary alicyclic amines) is 1. The monoisotopic (exact) mass is 428 g/mol. The highest BCUT2D eigenvalue weighted by atomic mass is 16.5. The molecule has 31 heavy (non-hydrogen) atoms. The highest BCUT2D eigenvalue weighted by Crippen LogP contribution is 2.52. The molecule has 2 saturated heterocycles. The Morgan fingerprint density at radius 3 is 2.81 bits per heavy atom. The molecule has 0 aromatic heterocycles. The average Bonchev–Trinajstić information content (AvgIpc) is 2.74. The fourth-order valence-corrected chi connectivity index (χ4v) is 5.48. The number of nitrogens with one attached hydrogen (secondary N) is 1. The predicted molar refractivity (Wildman–Crippen MR) is 119 cm³/mol. The van der Waals surface area contributed by atoms with E-state index in [1.54, 1.807) is 0 Å². The number of para-hydroxylation sites is 1. The first-order valence-corrected chi connectivity index (χ1v) is 11.8. The summed E-state index contributed by atoms with van der Waals surface area (Å²) in [5, 5.41) is 2.81. The number of hydrogen-bond acceptors (Lipinski definition) is 4. The van der Waals surface area contributed by atoms with E-state index >= 15 is 0 Å². The minimum Gasteiger partial charge on any atom is -0.487 e. The fourth-order valence-electron chi connectivity index (χ4n) is 5.48. The molecule has 0 spiro atoms. The van der Waals surface area contributed by atoms with Crippen molar-refractivity contribution in [1.82, 2.24) is 10.2 Å². The topological polar surface area (TPSA) is 67.9 Å². The van der Waals surface area contributed by atoms with E-state index in [1.807, 2.05) is 17.0 Å². The van der Waals surface area contributed by atoms with Gasteiger partial charge in [0.1, 0.15) is 11.4 Å². The van der Waals surface area contributed by atoms with Crippen LogP contribution in [0.1, 0.15) is 71.0 Å². The first kappa shape index (κ1) is 22.1. The van der Waals surface area contributed by atoms with Gasteiger partial charge in [0.2, 0.25) is 11.8 Å². The van der Waals surface area contributed by atoms with Crippen molar-refractivity contribution in [1.29, 1.82) is 0 Å².